The van der Waals surface area contributed by atoms with Crippen LogP contribution >= 0.6 is 11.8 Å². The Hall–Kier alpha value is -1.09. The number of hydrogen-bond acceptors (Lipinski definition) is 5. The van der Waals surface area contributed by atoms with E-state index in [0.717, 1.165) is 5.56 Å². The first-order valence-electron chi connectivity index (χ1n) is 6.86. The number of carbonyl (C=O) groups is 1. The third-order valence-electron chi connectivity index (χ3n) is 3.72. The van der Waals surface area contributed by atoms with Crippen molar-refractivity contribution in [2.75, 3.05) is 12.3 Å². The number of nitrogens with one attached hydrogen (secondary N) is 1. The van der Waals surface area contributed by atoms with E-state index in [2.05, 4.69) is 0 Å². The van der Waals surface area contributed by atoms with Gasteiger partial charge in [-0.05, 0) is 32.9 Å². The number of thioether (sulfide) groups is 1. The first kappa shape index (κ1) is 17.3. The first-order chi connectivity index (χ1) is 10.2. The van der Waals surface area contributed by atoms with Gasteiger partial charge < -0.3 is 0 Å². The number of hydroxylamine groups is 1. The van der Waals surface area contributed by atoms with Gasteiger partial charge in [0.15, 0.2) is 0 Å². The van der Waals surface area contributed by atoms with Crippen LogP contribution in [-0.2, 0) is 14.8 Å². The Labute approximate surface area is 134 Å². The largest absolute Gasteiger partial charge is 0.289 e. The number of benzene rings is 1. The minimum Gasteiger partial charge on any atom is -0.289 e. The molecule has 1 fully saturated rings. The summed E-state index contributed by atoms with van der Waals surface area (Å²) >= 11 is 1.51. The molecule has 0 unspecified atom stereocenters. The molecule has 1 saturated heterocycles. The Morgan fingerprint density at radius 2 is 1.95 bits per heavy atom. The molecule has 0 radical (unpaired) electrons. The number of hydrogen-bond donors (Lipinski definition) is 2. The number of sulfonamides is 1. The van der Waals surface area contributed by atoms with Gasteiger partial charge in [-0.2, -0.15) is 16.1 Å². The average Bonchev–Trinajstić information content (AvgIpc) is 2.45. The third-order valence-corrected chi connectivity index (χ3v) is 6.95. The molecule has 22 heavy (non-hydrogen) atoms. The summed E-state index contributed by atoms with van der Waals surface area (Å²) in [5.41, 5.74) is 2.55. The van der Waals surface area contributed by atoms with Crippen molar-refractivity contribution in [1.82, 2.24) is 9.79 Å². The summed E-state index contributed by atoms with van der Waals surface area (Å²) in [7, 11) is -3.81. The van der Waals surface area contributed by atoms with Crippen LogP contribution in [0, 0.1) is 6.92 Å². The van der Waals surface area contributed by atoms with Crippen LogP contribution in [-0.4, -0.2) is 46.9 Å². The number of amides is 1. The van der Waals surface area contributed by atoms with Crippen LogP contribution in [0.25, 0.3) is 0 Å². The summed E-state index contributed by atoms with van der Waals surface area (Å²) in [5.74, 6) is -0.124. The molecule has 1 aromatic carbocycles. The van der Waals surface area contributed by atoms with Crippen LogP contribution in [0.2, 0.25) is 0 Å². The molecule has 8 heteroatoms. The van der Waals surface area contributed by atoms with Crippen LogP contribution in [0.1, 0.15) is 19.4 Å². The summed E-state index contributed by atoms with van der Waals surface area (Å²) in [5, 5.41) is 8.98. The van der Waals surface area contributed by atoms with Crippen molar-refractivity contribution >= 4 is 27.7 Å². The molecule has 0 aliphatic carbocycles. The Morgan fingerprint density at radius 3 is 2.50 bits per heavy atom. The average molecular weight is 344 g/mol. The predicted octanol–water partition coefficient (Wildman–Crippen LogP) is 1.39. The molecule has 2 rings (SSSR count). The molecule has 2 N–H and O–H groups in total. The highest BCUT2D eigenvalue weighted by atomic mass is 32.2. The lowest BCUT2D eigenvalue weighted by Crippen LogP contribution is -2.61. The van der Waals surface area contributed by atoms with Crippen LogP contribution < -0.4 is 5.48 Å². The summed E-state index contributed by atoms with van der Waals surface area (Å²) < 4.78 is 26.3. The lowest BCUT2D eigenvalue weighted by Gasteiger charge is -2.43. The van der Waals surface area contributed by atoms with E-state index in [1.807, 2.05) is 6.92 Å². The van der Waals surface area contributed by atoms with Crippen molar-refractivity contribution in [2.45, 2.75) is 36.5 Å². The summed E-state index contributed by atoms with van der Waals surface area (Å²) in [6, 6.07) is 5.54. The van der Waals surface area contributed by atoms with E-state index in [1.165, 1.54) is 28.2 Å². The topological polar surface area (TPSA) is 86.7 Å². The maximum atomic E-state index is 12.9. The lowest BCUT2D eigenvalue weighted by molar-refractivity contribution is -0.134. The van der Waals surface area contributed by atoms with E-state index >= 15 is 0 Å². The standard InChI is InChI=1S/C14H20N2O4S2/c1-10-4-6-11(7-5-10)22(19,20)16-8-9-21-14(2,3)12(16)13(17)15-18/h4-7,12,18H,8-9H2,1-3H3,(H,15,17)/t12-/m0/s1. The highest BCUT2D eigenvalue weighted by Crippen LogP contribution is 2.38. The zero-order valence-corrected chi connectivity index (χ0v) is 14.4. The molecule has 1 aliphatic heterocycles. The van der Waals surface area contributed by atoms with E-state index in [9.17, 15) is 13.2 Å². The Morgan fingerprint density at radius 1 is 1.36 bits per heavy atom. The lowest BCUT2D eigenvalue weighted by atomic mass is 10.0. The molecule has 0 saturated carbocycles. The van der Waals surface area contributed by atoms with Gasteiger partial charge in [0.25, 0.3) is 5.91 Å². The summed E-state index contributed by atoms with van der Waals surface area (Å²) in [4.78, 5) is 12.2. The van der Waals surface area contributed by atoms with Gasteiger partial charge in [-0.15, -0.1) is 0 Å². The molecule has 1 aromatic rings. The van der Waals surface area contributed by atoms with Crippen molar-refractivity contribution in [1.29, 1.82) is 0 Å². The number of aryl methyl sites for hydroxylation is 1. The SMILES string of the molecule is Cc1ccc(S(=O)(=O)N2CCSC(C)(C)[C@@H]2C(=O)NO)cc1. The van der Waals surface area contributed by atoms with Gasteiger partial charge in [0, 0.05) is 17.0 Å². The second kappa shape index (κ2) is 6.19. The van der Waals surface area contributed by atoms with Crippen molar-refractivity contribution in [3.8, 4) is 0 Å². The highest BCUT2D eigenvalue weighted by Gasteiger charge is 2.48. The van der Waals surface area contributed by atoms with Crippen LogP contribution in [0.5, 0.6) is 0 Å². The summed E-state index contributed by atoms with van der Waals surface area (Å²) in [6.07, 6.45) is 0. The molecule has 1 amide bonds. The molecule has 0 aromatic heterocycles. The second-order valence-corrected chi connectivity index (χ2v) is 9.40. The van der Waals surface area contributed by atoms with E-state index < -0.39 is 26.7 Å². The van der Waals surface area contributed by atoms with Gasteiger partial charge >= 0.3 is 0 Å². The Balaban J connectivity index is 2.47. The van der Waals surface area contributed by atoms with Crippen LogP contribution in [0.3, 0.4) is 0 Å². The summed E-state index contributed by atoms with van der Waals surface area (Å²) in [6.45, 7) is 5.70. The minimum absolute atomic E-state index is 0.150. The molecular formula is C14H20N2O4S2. The molecule has 1 atom stereocenters. The third kappa shape index (κ3) is 3.15. The van der Waals surface area contributed by atoms with Gasteiger partial charge in [-0.3, -0.25) is 10.0 Å². The highest BCUT2D eigenvalue weighted by molar-refractivity contribution is 8.00. The first-order valence-corrected chi connectivity index (χ1v) is 9.29. The number of nitrogens with zero attached hydrogens (tertiary/aromatic N) is 1. The molecule has 6 nitrogen and oxygen atoms in total. The zero-order valence-electron chi connectivity index (χ0n) is 12.7. The fraction of sp³-hybridized carbons (Fsp3) is 0.500. The molecule has 1 aliphatic rings. The van der Waals surface area contributed by atoms with Crippen LogP contribution in [0.4, 0.5) is 0 Å². The van der Waals surface area contributed by atoms with E-state index in [1.54, 1.807) is 31.5 Å². The van der Waals surface area contributed by atoms with Crippen molar-refractivity contribution < 1.29 is 18.4 Å². The fourth-order valence-electron chi connectivity index (χ4n) is 2.57. The normalized spacial score (nSPS) is 22.3. The van der Waals surface area contributed by atoms with Gasteiger partial charge in [-0.1, -0.05) is 17.7 Å². The van der Waals surface area contributed by atoms with E-state index in [-0.39, 0.29) is 11.4 Å². The maximum Gasteiger partial charge on any atom is 0.263 e. The monoisotopic (exact) mass is 344 g/mol. The molecular weight excluding hydrogens is 324 g/mol. The van der Waals surface area contributed by atoms with Crippen molar-refractivity contribution in [3.63, 3.8) is 0 Å². The van der Waals surface area contributed by atoms with Gasteiger partial charge in [0.2, 0.25) is 10.0 Å². The number of carbonyl (C=O) groups excluding carboxylic acids is 1. The maximum absolute atomic E-state index is 12.9. The van der Waals surface area contributed by atoms with Gasteiger partial charge in [-0.25, -0.2) is 13.9 Å². The Bertz CT molecular complexity index is 656. The van der Waals surface area contributed by atoms with Crippen molar-refractivity contribution in [2.24, 2.45) is 0 Å². The molecule has 1 heterocycles. The Kier molecular flexibility index (Phi) is 4.86. The fourth-order valence-corrected chi connectivity index (χ4v) is 5.67. The quantitative estimate of drug-likeness (QED) is 0.639. The van der Waals surface area contributed by atoms with Crippen molar-refractivity contribution in [3.05, 3.63) is 29.8 Å². The minimum atomic E-state index is -3.81. The zero-order chi connectivity index (χ0) is 16.5. The smallest absolute Gasteiger partial charge is 0.263 e. The van der Waals surface area contributed by atoms with E-state index in [0.29, 0.717) is 5.75 Å². The molecule has 0 bridgehead atoms. The number of rotatable bonds is 3. The van der Waals surface area contributed by atoms with Gasteiger partial charge in [0.1, 0.15) is 6.04 Å². The van der Waals surface area contributed by atoms with E-state index in [4.69, 9.17) is 5.21 Å². The molecule has 0 spiro atoms. The molecule has 122 valence electrons. The second-order valence-electron chi connectivity index (χ2n) is 5.76. The van der Waals surface area contributed by atoms with Crippen LogP contribution in [0.15, 0.2) is 29.2 Å². The predicted molar refractivity (Wildman–Crippen MR) is 85.3 cm³/mol. The van der Waals surface area contributed by atoms with Gasteiger partial charge in [0.05, 0.1) is 4.90 Å².